The van der Waals surface area contributed by atoms with E-state index in [1.807, 2.05) is 25.1 Å². The Morgan fingerprint density at radius 3 is 2.11 bits per heavy atom. The van der Waals surface area contributed by atoms with E-state index in [-0.39, 0.29) is 6.61 Å². The number of ether oxygens (including phenoxy) is 4. The Hall–Kier alpha value is -4.65. The first-order valence-corrected chi connectivity index (χ1v) is 11.6. The molecule has 0 unspecified atom stereocenters. The third kappa shape index (κ3) is 7.67. The number of hydrogen-bond acceptors (Lipinski definition) is 7. The maximum absolute atomic E-state index is 12.5. The molecule has 3 aromatic carbocycles. The minimum atomic E-state index is -0.493. The van der Waals surface area contributed by atoms with Crippen LogP contribution in [0.3, 0.4) is 0 Å². The fraction of sp³-hybridized carbons (Fsp3) is 0.167. The van der Waals surface area contributed by atoms with Crippen molar-refractivity contribution >= 4 is 17.9 Å². The number of hydrogen-bond donors (Lipinski definition) is 0. The van der Waals surface area contributed by atoms with Gasteiger partial charge in [-0.2, -0.15) is 0 Å². The smallest absolute Gasteiger partial charge is 0.343 e. The van der Waals surface area contributed by atoms with Gasteiger partial charge in [0, 0.05) is 12.0 Å². The summed E-state index contributed by atoms with van der Waals surface area (Å²) < 4.78 is 20.9. The molecule has 0 bridgehead atoms. The van der Waals surface area contributed by atoms with Crippen molar-refractivity contribution < 1.29 is 33.3 Å². The Morgan fingerprint density at radius 1 is 0.838 bits per heavy atom. The van der Waals surface area contributed by atoms with E-state index in [4.69, 9.17) is 18.9 Å². The predicted molar refractivity (Wildman–Crippen MR) is 140 cm³/mol. The van der Waals surface area contributed by atoms with Crippen LogP contribution in [0, 0.1) is 6.92 Å². The van der Waals surface area contributed by atoms with E-state index >= 15 is 0 Å². The normalized spacial score (nSPS) is 10.2. The van der Waals surface area contributed by atoms with Gasteiger partial charge in [-0.25, -0.2) is 14.4 Å². The monoisotopic (exact) mass is 500 g/mol. The number of benzene rings is 3. The molecule has 190 valence electrons. The zero-order valence-electron chi connectivity index (χ0n) is 20.8. The SMILES string of the molecule is C=COC(=O)c1ccc(-c2ccc(OC(=O)c3ccc(OCCCOC(=O)C(=C)C)cc3)cc2)c(C)c1. The molecule has 0 aliphatic rings. The Morgan fingerprint density at radius 2 is 1.49 bits per heavy atom. The highest BCUT2D eigenvalue weighted by molar-refractivity contribution is 5.92. The lowest BCUT2D eigenvalue weighted by molar-refractivity contribution is -0.139. The van der Waals surface area contributed by atoms with E-state index in [2.05, 4.69) is 13.2 Å². The summed E-state index contributed by atoms with van der Waals surface area (Å²) in [7, 11) is 0. The standard InChI is InChI=1S/C30H28O7/c1-5-34-29(32)24-11-16-27(21(4)19-24)22-7-14-26(15-8-22)37-30(33)23-9-12-25(13-10-23)35-17-6-18-36-28(31)20(2)3/h5,7-16,19H,1-2,6,17-18H2,3-4H3. The van der Waals surface area contributed by atoms with Crippen LogP contribution in [0.4, 0.5) is 0 Å². The molecule has 3 rings (SSSR count). The van der Waals surface area contributed by atoms with Gasteiger partial charge >= 0.3 is 17.9 Å². The van der Waals surface area contributed by atoms with Crippen molar-refractivity contribution in [1.29, 1.82) is 0 Å². The fourth-order valence-corrected chi connectivity index (χ4v) is 3.35. The van der Waals surface area contributed by atoms with E-state index in [0.29, 0.717) is 41.2 Å². The first-order valence-electron chi connectivity index (χ1n) is 11.6. The lowest BCUT2D eigenvalue weighted by Gasteiger charge is -2.10. The largest absolute Gasteiger partial charge is 0.493 e. The Labute approximate surface area is 215 Å². The Bertz CT molecular complexity index is 1290. The molecule has 0 aliphatic heterocycles. The van der Waals surface area contributed by atoms with E-state index in [1.165, 1.54) is 0 Å². The van der Waals surface area contributed by atoms with Gasteiger partial charge in [0.25, 0.3) is 0 Å². The van der Waals surface area contributed by atoms with Crippen LogP contribution in [0.2, 0.25) is 0 Å². The summed E-state index contributed by atoms with van der Waals surface area (Å²) in [6.45, 7) is 11.0. The van der Waals surface area contributed by atoms with Crippen molar-refractivity contribution in [1.82, 2.24) is 0 Å². The van der Waals surface area contributed by atoms with E-state index in [9.17, 15) is 14.4 Å². The Kier molecular flexibility index (Phi) is 9.38. The molecule has 3 aromatic rings. The average molecular weight is 501 g/mol. The molecule has 37 heavy (non-hydrogen) atoms. The van der Waals surface area contributed by atoms with Gasteiger partial charge in [-0.1, -0.05) is 31.4 Å². The minimum Gasteiger partial charge on any atom is -0.493 e. The van der Waals surface area contributed by atoms with Gasteiger partial charge in [0.1, 0.15) is 11.5 Å². The molecule has 0 amide bonds. The third-order valence-electron chi connectivity index (χ3n) is 5.26. The number of carbonyl (C=O) groups is 3. The van der Waals surface area contributed by atoms with Gasteiger partial charge in [-0.3, -0.25) is 0 Å². The summed E-state index contributed by atoms with van der Waals surface area (Å²) in [5, 5.41) is 0. The molecule has 7 nitrogen and oxygen atoms in total. The van der Waals surface area contributed by atoms with Gasteiger partial charge in [-0.15, -0.1) is 0 Å². The topological polar surface area (TPSA) is 88.1 Å². The van der Waals surface area contributed by atoms with Gasteiger partial charge in [0.2, 0.25) is 0 Å². The highest BCUT2D eigenvalue weighted by atomic mass is 16.5. The van der Waals surface area contributed by atoms with Crippen molar-refractivity contribution in [2.45, 2.75) is 20.3 Å². The van der Waals surface area contributed by atoms with Crippen molar-refractivity contribution in [2.75, 3.05) is 13.2 Å². The van der Waals surface area contributed by atoms with Crippen molar-refractivity contribution in [3.8, 4) is 22.6 Å². The molecule has 0 radical (unpaired) electrons. The first-order chi connectivity index (χ1) is 17.8. The third-order valence-corrected chi connectivity index (χ3v) is 5.26. The highest BCUT2D eigenvalue weighted by Gasteiger charge is 2.12. The summed E-state index contributed by atoms with van der Waals surface area (Å²) in [5.74, 6) is -0.386. The molecular weight excluding hydrogens is 472 g/mol. The molecule has 0 spiro atoms. The van der Waals surface area contributed by atoms with Crippen molar-refractivity contribution in [2.24, 2.45) is 0 Å². The molecule has 0 saturated heterocycles. The van der Waals surface area contributed by atoms with Crippen LogP contribution in [-0.4, -0.2) is 31.1 Å². The number of carbonyl (C=O) groups excluding carboxylic acids is 3. The maximum Gasteiger partial charge on any atom is 0.343 e. The highest BCUT2D eigenvalue weighted by Crippen LogP contribution is 2.27. The molecule has 0 heterocycles. The van der Waals surface area contributed by atoms with Crippen LogP contribution in [-0.2, 0) is 14.3 Å². The summed E-state index contributed by atoms with van der Waals surface area (Å²) in [6.07, 6.45) is 1.63. The molecule has 0 N–H and O–H groups in total. The average Bonchev–Trinajstić information content (AvgIpc) is 2.89. The number of rotatable bonds is 11. The molecule has 0 aromatic heterocycles. The van der Waals surface area contributed by atoms with Crippen LogP contribution in [0.5, 0.6) is 11.5 Å². The second kappa shape index (κ2) is 12.9. The number of aryl methyl sites for hydroxylation is 1. The van der Waals surface area contributed by atoms with Crippen molar-refractivity contribution in [3.63, 3.8) is 0 Å². The quantitative estimate of drug-likeness (QED) is 0.104. The summed E-state index contributed by atoms with van der Waals surface area (Å²) >= 11 is 0. The van der Waals surface area contributed by atoms with E-state index in [1.54, 1.807) is 55.5 Å². The summed E-state index contributed by atoms with van der Waals surface area (Å²) in [6, 6.07) is 19.0. The lowest BCUT2D eigenvalue weighted by Crippen LogP contribution is -2.10. The molecule has 0 aliphatic carbocycles. The van der Waals surface area contributed by atoms with Crippen LogP contribution >= 0.6 is 0 Å². The van der Waals surface area contributed by atoms with Gasteiger partial charge in [0.15, 0.2) is 0 Å². The summed E-state index contributed by atoms with van der Waals surface area (Å²) in [4.78, 5) is 35.7. The number of esters is 3. The van der Waals surface area contributed by atoms with Crippen LogP contribution in [0.1, 0.15) is 39.6 Å². The van der Waals surface area contributed by atoms with Crippen molar-refractivity contribution in [3.05, 3.63) is 108 Å². The zero-order chi connectivity index (χ0) is 26.8. The predicted octanol–water partition coefficient (Wildman–Crippen LogP) is 6.07. The van der Waals surface area contributed by atoms with Crippen LogP contribution in [0.15, 0.2) is 91.7 Å². The lowest BCUT2D eigenvalue weighted by atomic mass is 9.98. The van der Waals surface area contributed by atoms with Crippen LogP contribution in [0.25, 0.3) is 11.1 Å². The maximum atomic E-state index is 12.5. The summed E-state index contributed by atoms with van der Waals surface area (Å²) in [5.41, 5.74) is 3.93. The second-order valence-corrected chi connectivity index (χ2v) is 8.16. The zero-order valence-corrected chi connectivity index (χ0v) is 20.8. The fourth-order valence-electron chi connectivity index (χ4n) is 3.35. The second-order valence-electron chi connectivity index (χ2n) is 8.16. The minimum absolute atomic E-state index is 0.240. The first kappa shape index (κ1) is 26.9. The van der Waals surface area contributed by atoms with E-state index in [0.717, 1.165) is 23.0 Å². The van der Waals surface area contributed by atoms with Gasteiger partial charge in [0.05, 0.1) is 30.6 Å². The molecule has 0 fully saturated rings. The van der Waals surface area contributed by atoms with E-state index < -0.39 is 17.9 Å². The molecule has 7 heteroatoms. The van der Waals surface area contributed by atoms with Crippen LogP contribution < -0.4 is 9.47 Å². The Balaban J connectivity index is 1.53. The molecular formula is C30H28O7. The molecule has 0 saturated carbocycles. The molecule has 0 atom stereocenters. The van der Waals surface area contributed by atoms with Gasteiger partial charge < -0.3 is 18.9 Å². The van der Waals surface area contributed by atoms with Gasteiger partial charge in [-0.05, 0) is 79.1 Å².